The molecule has 1 saturated carbocycles. The molecule has 3 nitrogen and oxygen atoms in total. The highest BCUT2D eigenvalue weighted by Gasteiger charge is 2.30. The summed E-state index contributed by atoms with van der Waals surface area (Å²) in [4.78, 5) is 10.0. The third-order valence-corrected chi connectivity index (χ3v) is 3.49. The fourth-order valence-corrected chi connectivity index (χ4v) is 2.29. The number of hydrogen-bond acceptors (Lipinski definition) is 3. The van der Waals surface area contributed by atoms with Gasteiger partial charge in [-0.05, 0) is 25.0 Å². The van der Waals surface area contributed by atoms with Crippen molar-refractivity contribution in [1.29, 1.82) is 0 Å². The van der Waals surface area contributed by atoms with E-state index in [1.54, 1.807) is 12.4 Å². The lowest BCUT2D eigenvalue weighted by Crippen LogP contribution is -2.26. The molecule has 1 heterocycles. The minimum atomic E-state index is -0.486. The van der Waals surface area contributed by atoms with Crippen LogP contribution in [-0.2, 0) is 13.1 Å². The Balaban J connectivity index is 1.78. The van der Waals surface area contributed by atoms with Crippen LogP contribution in [0.3, 0.4) is 0 Å². The predicted molar refractivity (Wildman–Crippen MR) is 70.7 cm³/mol. The molecule has 1 aromatic heterocycles. The van der Waals surface area contributed by atoms with Crippen LogP contribution in [0.1, 0.15) is 24.0 Å². The van der Waals surface area contributed by atoms with Crippen LogP contribution in [0, 0.1) is 11.6 Å². The number of rotatable bonds is 5. The van der Waals surface area contributed by atoms with Gasteiger partial charge in [0.2, 0.25) is 0 Å². The highest BCUT2D eigenvalue weighted by molar-refractivity contribution is 5.20. The van der Waals surface area contributed by atoms with Crippen LogP contribution in [0.15, 0.2) is 36.9 Å². The van der Waals surface area contributed by atoms with E-state index in [2.05, 4.69) is 14.9 Å². The van der Waals surface area contributed by atoms with Gasteiger partial charge in [0.15, 0.2) is 0 Å². The molecule has 104 valence electrons. The molecular weight excluding hydrogens is 260 g/mol. The summed E-state index contributed by atoms with van der Waals surface area (Å²) >= 11 is 0. The monoisotopic (exact) mass is 275 g/mol. The number of benzene rings is 1. The predicted octanol–water partition coefficient (Wildman–Crippen LogP) is 2.92. The fraction of sp³-hybridized carbons (Fsp3) is 0.333. The van der Waals surface area contributed by atoms with Gasteiger partial charge in [0.25, 0.3) is 0 Å². The fourth-order valence-electron chi connectivity index (χ4n) is 2.29. The van der Waals surface area contributed by atoms with Gasteiger partial charge in [-0.15, -0.1) is 0 Å². The van der Waals surface area contributed by atoms with Gasteiger partial charge in [0.05, 0.1) is 0 Å². The molecule has 0 unspecified atom stereocenters. The second kappa shape index (κ2) is 5.63. The van der Waals surface area contributed by atoms with Crippen molar-refractivity contribution in [3.05, 3.63) is 59.7 Å². The van der Waals surface area contributed by atoms with Crippen molar-refractivity contribution in [3.63, 3.8) is 0 Å². The Bertz CT molecular complexity index is 565. The van der Waals surface area contributed by atoms with E-state index < -0.39 is 11.6 Å². The molecule has 20 heavy (non-hydrogen) atoms. The average Bonchev–Trinajstić information content (AvgIpc) is 3.27. The molecule has 0 bridgehead atoms. The molecule has 0 amide bonds. The van der Waals surface area contributed by atoms with Crippen molar-refractivity contribution in [2.75, 3.05) is 0 Å². The molecule has 0 aliphatic heterocycles. The van der Waals surface area contributed by atoms with Crippen molar-refractivity contribution in [2.45, 2.75) is 32.0 Å². The Kier molecular flexibility index (Phi) is 3.69. The van der Waals surface area contributed by atoms with Crippen LogP contribution in [-0.4, -0.2) is 20.9 Å². The lowest BCUT2D eigenvalue weighted by atomic mass is 10.1. The largest absolute Gasteiger partial charge is 0.292 e. The topological polar surface area (TPSA) is 29.0 Å². The summed E-state index contributed by atoms with van der Waals surface area (Å²) in [6.07, 6.45) is 7.09. The quantitative estimate of drug-likeness (QED) is 0.840. The van der Waals surface area contributed by atoms with E-state index in [4.69, 9.17) is 0 Å². The second-order valence-corrected chi connectivity index (χ2v) is 5.08. The molecule has 1 aliphatic carbocycles. The van der Waals surface area contributed by atoms with Gasteiger partial charge in [0, 0.05) is 42.7 Å². The minimum Gasteiger partial charge on any atom is -0.292 e. The third-order valence-electron chi connectivity index (χ3n) is 3.49. The maximum Gasteiger partial charge on any atom is 0.130 e. The molecule has 1 aliphatic rings. The summed E-state index contributed by atoms with van der Waals surface area (Å²) in [5.74, 6) is -0.972. The van der Waals surface area contributed by atoms with Gasteiger partial charge in [-0.3, -0.25) is 4.90 Å². The van der Waals surface area contributed by atoms with Crippen LogP contribution in [0.4, 0.5) is 8.78 Å². The van der Waals surface area contributed by atoms with Crippen molar-refractivity contribution in [2.24, 2.45) is 0 Å². The molecular formula is C15H15F2N3. The summed E-state index contributed by atoms with van der Waals surface area (Å²) in [6, 6.07) is 4.39. The van der Waals surface area contributed by atoms with Gasteiger partial charge in [0.1, 0.15) is 18.0 Å². The number of hydrogen-bond donors (Lipinski definition) is 0. The number of aromatic nitrogens is 2. The zero-order valence-corrected chi connectivity index (χ0v) is 11.0. The summed E-state index contributed by atoms with van der Waals surface area (Å²) in [7, 11) is 0. The average molecular weight is 275 g/mol. The van der Waals surface area contributed by atoms with Crippen LogP contribution >= 0.6 is 0 Å². The van der Waals surface area contributed by atoms with Crippen molar-refractivity contribution in [3.8, 4) is 0 Å². The summed E-state index contributed by atoms with van der Waals surface area (Å²) in [5.41, 5.74) is 1.09. The van der Waals surface area contributed by atoms with Gasteiger partial charge < -0.3 is 0 Å². The Morgan fingerprint density at radius 3 is 2.30 bits per heavy atom. The third kappa shape index (κ3) is 2.99. The molecule has 3 rings (SSSR count). The van der Waals surface area contributed by atoms with Crippen molar-refractivity contribution >= 4 is 0 Å². The molecule has 0 radical (unpaired) electrons. The Labute approximate surface area is 116 Å². The summed E-state index contributed by atoms with van der Waals surface area (Å²) < 4.78 is 27.5. The van der Waals surface area contributed by atoms with Crippen LogP contribution in [0.25, 0.3) is 0 Å². The van der Waals surface area contributed by atoms with E-state index in [0.29, 0.717) is 12.6 Å². The number of halogens is 2. The normalized spacial score (nSPS) is 14.8. The SMILES string of the molecule is Fc1cccc(F)c1CN(Cc1cncnc1)C1CC1. The van der Waals surface area contributed by atoms with E-state index in [1.807, 2.05) is 0 Å². The van der Waals surface area contributed by atoms with Crippen LogP contribution < -0.4 is 0 Å². The van der Waals surface area contributed by atoms with E-state index in [0.717, 1.165) is 18.4 Å². The maximum atomic E-state index is 13.7. The first-order valence-corrected chi connectivity index (χ1v) is 6.65. The smallest absolute Gasteiger partial charge is 0.130 e. The molecule has 5 heteroatoms. The Morgan fingerprint density at radius 1 is 1.05 bits per heavy atom. The first-order chi connectivity index (χ1) is 9.74. The van der Waals surface area contributed by atoms with Gasteiger partial charge in [-0.1, -0.05) is 6.07 Å². The van der Waals surface area contributed by atoms with Crippen LogP contribution in [0.2, 0.25) is 0 Å². The van der Waals surface area contributed by atoms with E-state index in [9.17, 15) is 8.78 Å². The molecule has 0 saturated heterocycles. The lowest BCUT2D eigenvalue weighted by Gasteiger charge is -2.22. The highest BCUT2D eigenvalue weighted by atomic mass is 19.1. The molecule has 2 aromatic rings. The van der Waals surface area contributed by atoms with E-state index >= 15 is 0 Å². The second-order valence-electron chi connectivity index (χ2n) is 5.08. The molecule has 1 aromatic carbocycles. The standard InChI is InChI=1S/C15H15F2N3/c16-14-2-1-3-15(17)13(14)9-20(12-4-5-12)8-11-6-18-10-19-7-11/h1-3,6-7,10,12H,4-5,8-9H2. The maximum absolute atomic E-state index is 13.7. The van der Waals surface area contributed by atoms with Crippen molar-refractivity contribution in [1.82, 2.24) is 14.9 Å². The van der Waals surface area contributed by atoms with Gasteiger partial charge in [-0.25, -0.2) is 18.7 Å². The van der Waals surface area contributed by atoms with Gasteiger partial charge in [-0.2, -0.15) is 0 Å². The zero-order chi connectivity index (χ0) is 13.9. The Morgan fingerprint density at radius 2 is 1.70 bits per heavy atom. The minimum absolute atomic E-state index is 0.135. The lowest BCUT2D eigenvalue weighted by molar-refractivity contribution is 0.238. The molecule has 0 N–H and O–H groups in total. The van der Waals surface area contributed by atoms with Crippen molar-refractivity contribution < 1.29 is 8.78 Å². The van der Waals surface area contributed by atoms with E-state index in [-0.39, 0.29) is 12.1 Å². The van der Waals surface area contributed by atoms with Crippen LogP contribution in [0.5, 0.6) is 0 Å². The zero-order valence-electron chi connectivity index (χ0n) is 11.0. The first-order valence-electron chi connectivity index (χ1n) is 6.65. The summed E-state index contributed by atoms with van der Waals surface area (Å²) in [5, 5.41) is 0. The molecule has 1 fully saturated rings. The first kappa shape index (κ1) is 13.1. The molecule has 0 atom stereocenters. The van der Waals surface area contributed by atoms with E-state index in [1.165, 1.54) is 24.5 Å². The Hall–Kier alpha value is -1.88. The highest BCUT2D eigenvalue weighted by Crippen LogP contribution is 2.30. The number of nitrogens with zero attached hydrogens (tertiary/aromatic N) is 3. The summed E-state index contributed by atoms with van der Waals surface area (Å²) in [6.45, 7) is 0.886. The molecule has 0 spiro atoms. The van der Waals surface area contributed by atoms with Gasteiger partial charge >= 0.3 is 0 Å².